The number of rotatable bonds is 6. The third kappa shape index (κ3) is 4.03. The highest BCUT2D eigenvalue weighted by molar-refractivity contribution is 5.53. The van der Waals surface area contributed by atoms with Crippen LogP contribution in [0.15, 0.2) is 35.1 Å². The predicted octanol–water partition coefficient (Wildman–Crippen LogP) is 0.808. The molecule has 0 radical (unpaired) electrons. The van der Waals surface area contributed by atoms with Crippen molar-refractivity contribution in [3.63, 3.8) is 0 Å². The standard InChI is InChI=1S/C15H19N3O4/c19-13(9-18-5-7-20-8-6-18)10-21-14-3-1-12(2-4-14)15-17-16-11-22-15/h1-4,11,13,19H,5-10H2/t13-/m0/s1. The van der Waals surface area contributed by atoms with Gasteiger partial charge in [-0.3, -0.25) is 4.90 Å². The average molecular weight is 305 g/mol. The summed E-state index contributed by atoms with van der Waals surface area (Å²) >= 11 is 0. The summed E-state index contributed by atoms with van der Waals surface area (Å²) in [5.74, 6) is 1.17. The van der Waals surface area contributed by atoms with Gasteiger partial charge < -0.3 is 19.0 Å². The second-order valence-electron chi connectivity index (χ2n) is 5.15. The Balaban J connectivity index is 1.46. The molecule has 0 spiro atoms. The third-order valence-electron chi connectivity index (χ3n) is 3.48. The first-order valence-corrected chi connectivity index (χ1v) is 7.29. The number of aromatic nitrogens is 2. The monoisotopic (exact) mass is 305 g/mol. The lowest BCUT2D eigenvalue weighted by atomic mass is 10.2. The van der Waals surface area contributed by atoms with Crippen molar-refractivity contribution in [3.05, 3.63) is 30.7 Å². The van der Waals surface area contributed by atoms with Crippen molar-refractivity contribution in [1.82, 2.24) is 15.1 Å². The van der Waals surface area contributed by atoms with E-state index in [9.17, 15) is 5.11 Å². The van der Waals surface area contributed by atoms with E-state index < -0.39 is 6.10 Å². The summed E-state index contributed by atoms with van der Waals surface area (Å²) in [6, 6.07) is 7.33. The fourth-order valence-corrected chi connectivity index (χ4v) is 2.32. The van der Waals surface area contributed by atoms with Gasteiger partial charge in [-0.15, -0.1) is 10.2 Å². The second kappa shape index (κ2) is 7.35. The topological polar surface area (TPSA) is 80.8 Å². The van der Waals surface area contributed by atoms with Gasteiger partial charge in [0.15, 0.2) is 0 Å². The van der Waals surface area contributed by atoms with Gasteiger partial charge >= 0.3 is 0 Å². The zero-order chi connectivity index (χ0) is 15.2. The van der Waals surface area contributed by atoms with Crippen molar-refractivity contribution >= 4 is 0 Å². The number of aliphatic hydroxyl groups excluding tert-OH is 1. The van der Waals surface area contributed by atoms with Crippen LogP contribution in [0.5, 0.6) is 5.75 Å². The third-order valence-corrected chi connectivity index (χ3v) is 3.48. The Morgan fingerprint density at radius 2 is 2.00 bits per heavy atom. The Bertz CT molecular complexity index is 553. The number of nitrogens with zero attached hydrogens (tertiary/aromatic N) is 3. The molecule has 2 heterocycles. The maximum Gasteiger partial charge on any atom is 0.247 e. The number of benzene rings is 1. The van der Waals surface area contributed by atoms with E-state index in [1.54, 1.807) is 0 Å². The van der Waals surface area contributed by atoms with Crippen molar-refractivity contribution < 1.29 is 19.0 Å². The van der Waals surface area contributed by atoms with Crippen LogP contribution in [-0.2, 0) is 4.74 Å². The lowest BCUT2D eigenvalue weighted by Gasteiger charge is -2.28. The van der Waals surface area contributed by atoms with Crippen LogP contribution in [-0.4, -0.2) is 65.8 Å². The average Bonchev–Trinajstić information content (AvgIpc) is 3.09. The van der Waals surface area contributed by atoms with Crippen LogP contribution in [0.1, 0.15) is 0 Å². The molecule has 0 saturated carbocycles. The molecular weight excluding hydrogens is 286 g/mol. The summed E-state index contributed by atoms with van der Waals surface area (Å²) < 4.78 is 16.0. The van der Waals surface area contributed by atoms with Crippen molar-refractivity contribution in [2.24, 2.45) is 0 Å². The van der Waals surface area contributed by atoms with Crippen LogP contribution in [0.3, 0.4) is 0 Å². The maximum atomic E-state index is 10.0. The lowest BCUT2D eigenvalue weighted by molar-refractivity contribution is 0.00465. The first kappa shape index (κ1) is 15.0. The van der Waals surface area contributed by atoms with Gasteiger partial charge in [-0.05, 0) is 24.3 Å². The molecule has 2 aromatic rings. The summed E-state index contributed by atoms with van der Waals surface area (Å²) in [7, 11) is 0. The molecule has 1 saturated heterocycles. The van der Waals surface area contributed by atoms with E-state index in [1.165, 1.54) is 6.39 Å². The van der Waals surface area contributed by atoms with Crippen LogP contribution in [0.4, 0.5) is 0 Å². The molecule has 1 aliphatic heterocycles. The highest BCUT2D eigenvalue weighted by atomic mass is 16.5. The fraction of sp³-hybridized carbons (Fsp3) is 0.467. The molecule has 118 valence electrons. The molecule has 22 heavy (non-hydrogen) atoms. The molecule has 1 atom stereocenters. The van der Waals surface area contributed by atoms with Crippen LogP contribution in [0.25, 0.3) is 11.5 Å². The number of β-amino-alcohol motifs (C(OH)–C–C–N with tert-alkyl or cyclic N) is 1. The zero-order valence-electron chi connectivity index (χ0n) is 12.2. The molecular formula is C15H19N3O4. The number of morpholine rings is 1. The molecule has 1 aromatic heterocycles. The summed E-state index contributed by atoms with van der Waals surface area (Å²) in [4.78, 5) is 2.18. The fourth-order valence-electron chi connectivity index (χ4n) is 2.32. The lowest BCUT2D eigenvalue weighted by Crippen LogP contribution is -2.42. The van der Waals surface area contributed by atoms with Gasteiger partial charge in [0, 0.05) is 25.2 Å². The Morgan fingerprint density at radius 1 is 1.23 bits per heavy atom. The molecule has 3 rings (SSSR count). The van der Waals surface area contributed by atoms with Gasteiger partial charge in [-0.1, -0.05) is 0 Å². The van der Waals surface area contributed by atoms with Gasteiger partial charge in [-0.25, -0.2) is 0 Å². The molecule has 1 N–H and O–H groups in total. The minimum atomic E-state index is -0.520. The van der Waals surface area contributed by atoms with E-state index in [0.717, 1.165) is 31.9 Å². The van der Waals surface area contributed by atoms with Crippen LogP contribution in [0, 0.1) is 0 Å². The Hall–Kier alpha value is -1.96. The van der Waals surface area contributed by atoms with Crippen LogP contribution >= 0.6 is 0 Å². The Morgan fingerprint density at radius 3 is 2.68 bits per heavy atom. The summed E-state index contributed by atoms with van der Waals surface area (Å²) in [5, 5.41) is 17.5. The van der Waals surface area contributed by atoms with Gasteiger partial charge in [0.05, 0.1) is 13.2 Å². The quantitative estimate of drug-likeness (QED) is 0.845. The summed E-state index contributed by atoms with van der Waals surface area (Å²) in [5.41, 5.74) is 0.832. The smallest absolute Gasteiger partial charge is 0.247 e. The van der Waals surface area contributed by atoms with Crippen molar-refractivity contribution in [2.45, 2.75) is 6.10 Å². The number of hydrogen-bond acceptors (Lipinski definition) is 7. The van der Waals surface area contributed by atoms with Crippen molar-refractivity contribution in [1.29, 1.82) is 0 Å². The van der Waals surface area contributed by atoms with E-state index in [0.29, 0.717) is 18.2 Å². The second-order valence-corrected chi connectivity index (χ2v) is 5.15. The van der Waals surface area contributed by atoms with E-state index in [-0.39, 0.29) is 6.61 Å². The van der Waals surface area contributed by atoms with E-state index in [1.807, 2.05) is 24.3 Å². The largest absolute Gasteiger partial charge is 0.491 e. The van der Waals surface area contributed by atoms with E-state index >= 15 is 0 Å². The van der Waals surface area contributed by atoms with Gasteiger partial charge in [0.1, 0.15) is 18.5 Å². The molecule has 7 nitrogen and oxygen atoms in total. The van der Waals surface area contributed by atoms with Gasteiger partial charge in [-0.2, -0.15) is 0 Å². The normalized spacial score (nSPS) is 17.3. The molecule has 1 aromatic carbocycles. The molecule has 0 bridgehead atoms. The minimum Gasteiger partial charge on any atom is -0.491 e. The first-order valence-electron chi connectivity index (χ1n) is 7.29. The molecule has 0 unspecified atom stereocenters. The molecule has 1 aliphatic rings. The summed E-state index contributed by atoms with van der Waals surface area (Å²) in [6.45, 7) is 4.03. The van der Waals surface area contributed by atoms with Crippen molar-refractivity contribution in [3.8, 4) is 17.2 Å². The number of hydrogen-bond donors (Lipinski definition) is 1. The van der Waals surface area contributed by atoms with E-state index in [2.05, 4.69) is 15.1 Å². The predicted molar refractivity (Wildman–Crippen MR) is 78.5 cm³/mol. The SMILES string of the molecule is O[C@H](COc1ccc(-c2nnco2)cc1)CN1CCOCC1. The molecule has 7 heteroatoms. The van der Waals surface area contributed by atoms with Gasteiger partial charge in [0.25, 0.3) is 0 Å². The minimum absolute atomic E-state index is 0.261. The van der Waals surface area contributed by atoms with Crippen molar-refractivity contribution in [2.75, 3.05) is 39.5 Å². The Labute approximate surface area is 128 Å². The Kier molecular flexibility index (Phi) is 4.99. The molecule has 0 amide bonds. The highest BCUT2D eigenvalue weighted by Gasteiger charge is 2.15. The summed E-state index contributed by atoms with van der Waals surface area (Å²) in [6.07, 6.45) is 0.774. The van der Waals surface area contributed by atoms with E-state index in [4.69, 9.17) is 13.9 Å². The van der Waals surface area contributed by atoms with Crippen LogP contribution < -0.4 is 4.74 Å². The molecule has 0 aliphatic carbocycles. The zero-order valence-corrected chi connectivity index (χ0v) is 12.2. The molecule has 1 fully saturated rings. The maximum absolute atomic E-state index is 10.0. The number of ether oxygens (including phenoxy) is 2. The van der Waals surface area contributed by atoms with Gasteiger partial charge in [0.2, 0.25) is 12.3 Å². The highest BCUT2D eigenvalue weighted by Crippen LogP contribution is 2.20. The van der Waals surface area contributed by atoms with Crippen LogP contribution in [0.2, 0.25) is 0 Å². The number of aliphatic hydroxyl groups is 1. The first-order chi connectivity index (χ1) is 10.8.